The van der Waals surface area contributed by atoms with Gasteiger partial charge in [-0.25, -0.2) is 9.18 Å². The predicted octanol–water partition coefficient (Wildman–Crippen LogP) is 4.95. The van der Waals surface area contributed by atoms with Crippen molar-refractivity contribution < 1.29 is 14.3 Å². The van der Waals surface area contributed by atoms with Gasteiger partial charge in [-0.15, -0.1) is 0 Å². The SMILES string of the molecule is CC1=C(c2ccc(Cl)cc2F)c2cc(C(=O)O)ccc2CC1. The van der Waals surface area contributed by atoms with Crippen molar-refractivity contribution in [3.63, 3.8) is 0 Å². The molecule has 112 valence electrons. The first-order chi connectivity index (χ1) is 10.5. The molecule has 0 saturated carbocycles. The highest BCUT2D eigenvalue weighted by Gasteiger charge is 2.21. The zero-order chi connectivity index (χ0) is 15.9. The maximum Gasteiger partial charge on any atom is 0.335 e. The average Bonchev–Trinajstić information content (AvgIpc) is 2.47. The van der Waals surface area contributed by atoms with Crippen LogP contribution in [0.5, 0.6) is 0 Å². The normalized spacial score (nSPS) is 14.0. The first-order valence-electron chi connectivity index (χ1n) is 6.99. The molecular weight excluding hydrogens is 303 g/mol. The number of halogens is 2. The van der Waals surface area contributed by atoms with Crippen LogP contribution >= 0.6 is 11.6 Å². The summed E-state index contributed by atoms with van der Waals surface area (Å²) in [5.41, 5.74) is 4.34. The van der Waals surface area contributed by atoms with Gasteiger partial charge in [-0.3, -0.25) is 0 Å². The summed E-state index contributed by atoms with van der Waals surface area (Å²) in [7, 11) is 0. The van der Waals surface area contributed by atoms with Gasteiger partial charge in [-0.05, 0) is 66.8 Å². The van der Waals surface area contributed by atoms with Gasteiger partial charge in [-0.1, -0.05) is 23.2 Å². The van der Waals surface area contributed by atoms with Crippen molar-refractivity contribution in [1.29, 1.82) is 0 Å². The zero-order valence-corrected chi connectivity index (χ0v) is 12.7. The van der Waals surface area contributed by atoms with E-state index in [-0.39, 0.29) is 5.56 Å². The number of carboxylic acid groups (broad SMARTS) is 1. The van der Waals surface area contributed by atoms with Crippen molar-refractivity contribution in [2.75, 3.05) is 0 Å². The lowest BCUT2D eigenvalue weighted by molar-refractivity contribution is 0.0697. The second-order valence-electron chi connectivity index (χ2n) is 5.46. The summed E-state index contributed by atoms with van der Waals surface area (Å²) < 4.78 is 14.3. The summed E-state index contributed by atoms with van der Waals surface area (Å²) >= 11 is 5.83. The van der Waals surface area contributed by atoms with Crippen molar-refractivity contribution in [2.45, 2.75) is 19.8 Å². The highest BCUT2D eigenvalue weighted by Crippen LogP contribution is 2.37. The van der Waals surface area contributed by atoms with Crippen LogP contribution in [-0.2, 0) is 6.42 Å². The Labute approximate surface area is 132 Å². The Kier molecular flexibility index (Phi) is 3.75. The minimum Gasteiger partial charge on any atom is -0.478 e. The fourth-order valence-corrected chi connectivity index (χ4v) is 3.06. The number of carboxylic acids is 1. The Hall–Kier alpha value is -2.13. The Morgan fingerprint density at radius 2 is 1.91 bits per heavy atom. The molecule has 3 rings (SSSR count). The third-order valence-corrected chi connectivity index (χ3v) is 4.26. The van der Waals surface area contributed by atoms with Crippen molar-refractivity contribution in [3.8, 4) is 0 Å². The van der Waals surface area contributed by atoms with E-state index in [2.05, 4.69) is 0 Å². The van der Waals surface area contributed by atoms with Gasteiger partial charge in [0.1, 0.15) is 5.82 Å². The van der Waals surface area contributed by atoms with Gasteiger partial charge in [-0.2, -0.15) is 0 Å². The number of hydrogen-bond donors (Lipinski definition) is 1. The van der Waals surface area contributed by atoms with E-state index >= 15 is 0 Å². The van der Waals surface area contributed by atoms with Gasteiger partial charge in [0, 0.05) is 10.6 Å². The van der Waals surface area contributed by atoms with Crippen LogP contribution < -0.4 is 0 Å². The summed E-state index contributed by atoms with van der Waals surface area (Å²) in [5.74, 6) is -1.38. The lowest BCUT2D eigenvalue weighted by atomic mass is 9.82. The van der Waals surface area contributed by atoms with E-state index in [1.165, 1.54) is 6.07 Å². The molecule has 2 aromatic rings. The number of fused-ring (bicyclic) bond motifs is 1. The minimum absolute atomic E-state index is 0.209. The molecule has 0 bridgehead atoms. The van der Waals surface area contributed by atoms with E-state index in [9.17, 15) is 14.3 Å². The molecule has 0 atom stereocenters. The van der Waals surface area contributed by atoms with Crippen LogP contribution in [0.2, 0.25) is 5.02 Å². The number of carbonyl (C=O) groups is 1. The third-order valence-electron chi connectivity index (χ3n) is 4.02. The zero-order valence-electron chi connectivity index (χ0n) is 12.0. The first-order valence-corrected chi connectivity index (χ1v) is 7.37. The summed E-state index contributed by atoms with van der Waals surface area (Å²) in [6.45, 7) is 1.96. The number of aromatic carboxylic acids is 1. The Morgan fingerprint density at radius 3 is 2.59 bits per heavy atom. The maximum atomic E-state index is 14.3. The van der Waals surface area contributed by atoms with Crippen LogP contribution in [0.4, 0.5) is 4.39 Å². The predicted molar refractivity (Wildman–Crippen MR) is 84.8 cm³/mol. The van der Waals surface area contributed by atoms with Crippen molar-refractivity contribution in [2.24, 2.45) is 0 Å². The second kappa shape index (κ2) is 5.58. The Balaban J connectivity index is 2.23. The molecule has 2 nitrogen and oxygen atoms in total. The molecular formula is C18H14ClFO2. The fraction of sp³-hybridized carbons (Fsp3) is 0.167. The number of rotatable bonds is 2. The van der Waals surface area contributed by atoms with Gasteiger partial charge in [0.2, 0.25) is 0 Å². The molecule has 2 aromatic carbocycles. The second-order valence-corrected chi connectivity index (χ2v) is 5.89. The lowest BCUT2D eigenvalue weighted by Crippen LogP contribution is -2.08. The molecule has 0 fully saturated rings. The quantitative estimate of drug-likeness (QED) is 0.851. The van der Waals surface area contributed by atoms with E-state index in [1.54, 1.807) is 24.3 Å². The Morgan fingerprint density at radius 1 is 1.14 bits per heavy atom. The number of allylic oxidation sites excluding steroid dienone is 1. The van der Waals surface area contributed by atoms with Crippen LogP contribution in [0.3, 0.4) is 0 Å². The largest absolute Gasteiger partial charge is 0.478 e. The van der Waals surface area contributed by atoms with Gasteiger partial charge in [0.25, 0.3) is 0 Å². The molecule has 0 unspecified atom stereocenters. The number of hydrogen-bond acceptors (Lipinski definition) is 1. The molecule has 0 amide bonds. The number of aryl methyl sites for hydroxylation is 1. The van der Waals surface area contributed by atoms with Gasteiger partial charge < -0.3 is 5.11 Å². The highest BCUT2D eigenvalue weighted by atomic mass is 35.5. The topological polar surface area (TPSA) is 37.3 Å². The molecule has 0 radical (unpaired) electrons. The molecule has 0 heterocycles. The molecule has 22 heavy (non-hydrogen) atoms. The molecule has 0 aromatic heterocycles. The smallest absolute Gasteiger partial charge is 0.335 e. The maximum absolute atomic E-state index is 14.3. The molecule has 1 aliphatic rings. The van der Waals surface area contributed by atoms with E-state index in [1.807, 2.05) is 13.0 Å². The van der Waals surface area contributed by atoms with Crippen LogP contribution in [0.15, 0.2) is 42.0 Å². The van der Waals surface area contributed by atoms with Crippen LogP contribution in [0.25, 0.3) is 5.57 Å². The van der Waals surface area contributed by atoms with Gasteiger partial charge in [0.05, 0.1) is 5.56 Å². The first kappa shape index (κ1) is 14.8. The molecule has 0 aliphatic heterocycles. The molecule has 0 spiro atoms. The summed E-state index contributed by atoms with van der Waals surface area (Å²) in [6, 6.07) is 9.63. The van der Waals surface area contributed by atoms with E-state index in [0.29, 0.717) is 10.6 Å². The van der Waals surface area contributed by atoms with E-state index in [0.717, 1.165) is 35.1 Å². The van der Waals surface area contributed by atoms with Crippen LogP contribution in [-0.4, -0.2) is 11.1 Å². The summed E-state index contributed by atoms with van der Waals surface area (Å²) in [6.07, 6.45) is 1.66. The van der Waals surface area contributed by atoms with Crippen LogP contribution in [0, 0.1) is 5.82 Å². The summed E-state index contributed by atoms with van der Waals surface area (Å²) in [5, 5.41) is 9.53. The Bertz CT molecular complexity index is 809. The fourth-order valence-electron chi connectivity index (χ4n) is 2.90. The molecule has 1 aliphatic carbocycles. The monoisotopic (exact) mass is 316 g/mol. The molecule has 4 heteroatoms. The lowest BCUT2D eigenvalue weighted by Gasteiger charge is -2.23. The minimum atomic E-state index is -0.984. The highest BCUT2D eigenvalue weighted by molar-refractivity contribution is 6.30. The molecule has 1 N–H and O–H groups in total. The molecule has 0 saturated heterocycles. The van der Waals surface area contributed by atoms with Crippen molar-refractivity contribution >= 4 is 23.1 Å². The van der Waals surface area contributed by atoms with E-state index < -0.39 is 11.8 Å². The van der Waals surface area contributed by atoms with Crippen molar-refractivity contribution in [3.05, 3.63) is 75.1 Å². The van der Waals surface area contributed by atoms with Crippen molar-refractivity contribution in [1.82, 2.24) is 0 Å². The average molecular weight is 317 g/mol. The van der Waals surface area contributed by atoms with Crippen LogP contribution in [0.1, 0.15) is 40.4 Å². The van der Waals surface area contributed by atoms with Gasteiger partial charge >= 0.3 is 5.97 Å². The van der Waals surface area contributed by atoms with Gasteiger partial charge in [0.15, 0.2) is 0 Å². The number of benzene rings is 2. The third kappa shape index (κ3) is 2.53. The standard InChI is InChI=1S/C18H14ClFO2/c1-10-2-3-11-4-5-12(18(21)22)8-15(11)17(10)14-7-6-13(19)9-16(14)20/h4-9H,2-3H2,1H3,(H,21,22). The van der Waals surface area contributed by atoms with E-state index in [4.69, 9.17) is 11.6 Å². The summed E-state index contributed by atoms with van der Waals surface area (Å²) in [4.78, 5) is 11.2.